The van der Waals surface area contributed by atoms with E-state index in [2.05, 4.69) is 101 Å². The number of hydrogen-bond acceptors (Lipinski definition) is 7. The Labute approximate surface area is 284 Å². The van der Waals surface area contributed by atoms with Crippen LogP contribution in [0.1, 0.15) is 19.4 Å². The Kier molecular flexibility index (Phi) is 9.39. The fourth-order valence-corrected chi connectivity index (χ4v) is 7.08. The first-order valence-electron chi connectivity index (χ1n) is 17.1. The molecule has 8 heteroatoms. The summed E-state index contributed by atoms with van der Waals surface area (Å²) in [6, 6.07) is 29.3. The average molecular weight is 646 g/mol. The molecule has 4 aromatic carbocycles. The van der Waals surface area contributed by atoms with Crippen molar-refractivity contribution in [2.75, 3.05) is 71.6 Å². The molecule has 8 nitrogen and oxygen atoms in total. The standard InChI is InChI=1S/C40H47N5O3/c1-28(2)44-16-18-45(19-17-44)34-13-10-30(11-14-34)33-24-35(31-8-6-29(7-9-31)27-43-20-22-48-23-21-43)39-36(25-33)42(3)40(41-39)32-12-15-37(46-4)38(26-32)47-5/h6-15,24-26,28H,16-23,27H2,1-5H3. The van der Waals surface area contributed by atoms with Crippen molar-refractivity contribution in [1.29, 1.82) is 0 Å². The van der Waals surface area contributed by atoms with Gasteiger partial charge >= 0.3 is 0 Å². The monoisotopic (exact) mass is 645 g/mol. The van der Waals surface area contributed by atoms with Crippen LogP contribution in [0.15, 0.2) is 78.9 Å². The van der Waals surface area contributed by atoms with Gasteiger partial charge in [-0.25, -0.2) is 4.98 Å². The number of piperazine rings is 1. The van der Waals surface area contributed by atoms with Crippen molar-refractivity contribution in [2.24, 2.45) is 7.05 Å². The Morgan fingerprint density at radius 3 is 2.04 bits per heavy atom. The minimum absolute atomic E-state index is 0.596. The number of anilines is 1. The van der Waals surface area contributed by atoms with E-state index in [0.29, 0.717) is 17.5 Å². The summed E-state index contributed by atoms with van der Waals surface area (Å²) in [6.45, 7) is 13.4. The number of nitrogens with zero attached hydrogens (tertiary/aromatic N) is 5. The number of benzene rings is 4. The molecule has 7 rings (SSSR count). The zero-order chi connectivity index (χ0) is 33.2. The maximum atomic E-state index is 5.64. The molecule has 0 atom stereocenters. The normalized spacial score (nSPS) is 16.2. The molecule has 5 aromatic rings. The van der Waals surface area contributed by atoms with Crippen molar-refractivity contribution in [3.8, 4) is 45.1 Å². The molecule has 0 radical (unpaired) electrons. The van der Waals surface area contributed by atoms with Gasteiger partial charge in [0.15, 0.2) is 11.5 Å². The lowest BCUT2D eigenvalue weighted by molar-refractivity contribution is 0.0342. The van der Waals surface area contributed by atoms with Crippen molar-refractivity contribution in [2.45, 2.75) is 26.4 Å². The van der Waals surface area contributed by atoms with Crippen molar-refractivity contribution in [1.82, 2.24) is 19.4 Å². The van der Waals surface area contributed by atoms with Gasteiger partial charge in [-0.1, -0.05) is 36.4 Å². The van der Waals surface area contributed by atoms with Crippen molar-refractivity contribution in [3.63, 3.8) is 0 Å². The van der Waals surface area contributed by atoms with E-state index in [1.165, 1.54) is 22.4 Å². The molecule has 0 aliphatic carbocycles. The topological polar surface area (TPSA) is 55.2 Å². The first-order chi connectivity index (χ1) is 23.4. The Morgan fingerprint density at radius 2 is 1.38 bits per heavy atom. The van der Waals surface area contributed by atoms with Crippen LogP contribution in [-0.4, -0.2) is 92.1 Å². The molecule has 2 saturated heterocycles. The lowest BCUT2D eigenvalue weighted by Gasteiger charge is -2.38. The van der Waals surface area contributed by atoms with E-state index in [1.807, 2.05) is 18.2 Å². The molecule has 0 unspecified atom stereocenters. The molecule has 48 heavy (non-hydrogen) atoms. The molecule has 1 aromatic heterocycles. The van der Waals surface area contributed by atoms with Gasteiger partial charge in [-0.15, -0.1) is 0 Å². The maximum absolute atomic E-state index is 5.64. The summed E-state index contributed by atoms with van der Waals surface area (Å²) >= 11 is 0. The minimum atomic E-state index is 0.596. The number of rotatable bonds is 9. The SMILES string of the molecule is COc1ccc(-c2nc3c(-c4ccc(CN5CCOCC5)cc4)cc(-c4ccc(N5CCN(C(C)C)CC5)cc4)cc3n2C)cc1OC. The molecule has 0 bridgehead atoms. The minimum Gasteiger partial charge on any atom is -0.493 e. The number of methoxy groups -OCH3 is 2. The fourth-order valence-electron chi connectivity index (χ4n) is 7.08. The summed E-state index contributed by atoms with van der Waals surface area (Å²) < 4.78 is 18.9. The third-order valence-corrected chi connectivity index (χ3v) is 10.0. The molecule has 0 saturated carbocycles. The lowest BCUT2D eigenvalue weighted by atomic mass is 9.96. The number of imidazole rings is 1. The number of aromatic nitrogens is 2. The summed E-state index contributed by atoms with van der Waals surface area (Å²) in [7, 11) is 5.42. The van der Waals surface area contributed by atoms with Crippen LogP contribution in [0.25, 0.3) is 44.7 Å². The molecule has 2 aliphatic heterocycles. The van der Waals surface area contributed by atoms with Gasteiger partial charge in [-0.05, 0) is 78.6 Å². The van der Waals surface area contributed by atoms with Gasteiger partial charge in [0.05, 0.1) is 38.5 Å². The number of ether oxygens (including phenoxy) is 3. The molecule has 2 fully saturated rings. The Morgan fingerprint density at radius 1 is 0.708 bits per heavy atom. The van der Waals surface area contributed by atoms with Crippen LogP contribution in [0.4, 0.5) is 5.69 Å². The highest BCUT2D eigenvalue weighted by molar-refractivity contribution is 5.98. The first kappa shape index (κ1) is 32.2. The Hall–Kier alpha value is -4.37. The van der Waals surface area contributed by atoms with Gasteiger partial charge in [0.1, 0.15) is 5.82 Å². The van der Waals surface area contributed by atoms with Gasteiger partial charge in [0, 0.05) is 75.7 Å². The summed E-state index contributed by atoms with van der Waals surface area (Å²) in [5, 5.41) is 0. The molecule has 2 aliphatic rings. The number of fused-ring (bicyclic) bond motifs is 1. The molecule has 3 heterocycles. The van der Waals surface area contributed by atoms with E-state index >= 15 is 0 Å². The fraction of sp³-hybridized carbons (Fsp3) is 0.375. The second-order valence-electron chi connectivity index (χ2n) is 13.2. The second kappa shape index (κ2) is 14.0. The summed E-state index contributed by atoms with van der Waals surface area (Å²) in [5.41, 5.74) is 10.3. The number of morpholine rings is 1. The summed E-state index contributed by atoms with van der Waals surface area (Å²) in [5.74, 6) is 2.26. The van der Waals surface area contributed by atoms with E-state index in [-0.39, 0.29) is 0 Å². The highest BCUT2D eigenvalue weighted by Crippen LogP contribution is 2.38. The predicted octanol–water partition coefficient (Wildman–Crippen LogP) is 6.95. The maximum Gasteiger partial charge on any atom is 0.161 e. The molecular weight excluding hydrogens is 598 g/mol. The van der Waals surface area contributed by atoms with Crippen LogP contribution < -0.4 is 14.4 Å². The van der Waals surface area contributed by atoms with Crippen LogP contribution >= 0.6 is 0 Å². The highest BCUT2D eigenvalue weighted by atomic mass is 16.5. The van der Waals surface area contributed by atoms with E-state index < -0.39 is 0 Å². The summed E-state index contributed by atoms with van der Waals surface area (Å²) in [4.78, 5) is 12.8. The smallest absolute Gasteiger partial charge is 0.161 e. The third-order valence-electron chi connectivity index (χ3n) is 10.0. The van der Waals surface area contributed by atoms with Crippen LogP contribution in [0.2, 0.25) is 0 Å². The van der Waals surface area contributed by atoms with Crippen LogP contribution in [0.3, 0.4) is 0 Å². The van der Waals surface area contributed by atoms with Crippen LogP contribution in [0, 0.1) is 0 Å². The van der Waals surface area contributed by atoms with Gasteiger partial charge in [0.25, 0.3) is 0 Å². The molecule has 0 N–H and O–H groups in total. The van der Waals surface area contributed by atoms with Gasteiger partial charge in [0.2, 0.25) is 0 Å². The average Bonchev–Trinajstić information content (AvgIpc) is 3.47. The Balaban J connectivity index is 1.26. The van der Waals surface area contributed by atoms with E-state index in [0.717, 1.165) is 92.6 Å². The molecule has 0 spiro atoms. The number of aryl methyl sites for hydroxylation is 1. The number of hydrogen-bond donors (Lipinski definition) is 0. The zero-order valence-electron chi connectivity index (χ0n) is 28.9. The lowest BCUT2D eigenvalue weighted by Crippen LogP contribution is -2.48. The van der Waals surface area contributed by atoms with Gasteiger partial charge < -0.3 is 23.7 Å². The molecule has 250 valence electrons. The van der Waals surface area contributed by atoms with E-state index in [9.17, 15) is 0 Å². The van der Waals surface area contributed by atoms with E-state index in [1.54, 1.807) is 14.2 Å². The summed E-state index contributed by atoms with van der Waals surface area (Å²) in [6.07, 6.45) is 0. The predicted molar refractivity (Wildman–Crippen MR) is 195 cm³/mol. The van der Waals surface area contributed by atoms with Crippen molar-refractivity contribution < 1.29 is 14.2 Å². The first-order valence-corrected chi connectivity index (χ1v) is 17.1. The van der Waals surface area contributed by atoms with Crippen LogP contribution in [0.5, 0.6) is 11.5 Å². The largest absolute Gasteiger partial charge is 0.493 e. The Bertz CT molecular complexity index is 1850. The van der Waals surface area contributed by atoms with Gasteiger partial charge in [-0.3, -0.25) is 9.80 Å². The van der Waals surface area contributed by atoms with Gasteiger partial charge in [-0.2, -0.15) is 0 Å². The van der Waals surface area contributed by atoms with Crippen LogP contribution in [-0.2, 0) is 18.3 Å². The quantitative estimate of drug-likeness (QED) is 0.172. The second-order valence-corrected chi connectivity index (χ2v) is 13.2. The van der Waals surface area contributed by atoms with Crippen molar-refractivity contribution in [3.05, 3.63) is 84.4 Å². The zero-order valence-corrected chi connectivity index (χ0v) is 28.9. The highest BCUT2D eigenvalue weighted by Gasteiger charge is 2.21. The van der Waals surface area contributed by atoms with Crippen molar-refractivity contribution >= 4 is 16.7 Å². The molecular formula is C40H47N5O3. The van der Waals surface area contributed by atoms with E-state index in [4.69, 9.17) is 19.2 Å². The molecule has 0 amide bonds. The third kappa shape index (κ3) is 6.52.